The van der Waals surface area contributed by atoms with Crippen LogP contribution < -0.4 is 15.9 Å². The van der Waals surface area contributed by atoms with Gasteiger partial charge in [0.15, 0.2) is 0 Å². The van der Waals surface area contributed by atoms with Gasteiger partial charge in [0.05, 0.1) is 19.4 Å². The predicted molar refractivity (Wildman–Crippen MR) is 54.1 cm³/mol. The summed E-state index contributed by atoms with van der Waals surface area (Å²) in [6.07, 6.45) is 1.69. The molecule has 0 aliphatic carbocycles. The first kappa shape index (κ1) is 11.9. The van der Waals surface area contributed by atoms with E-state index in [-0.39, 0.29) is 0 Å². The number of rotatable bonds is 8. The third-order valence-corrected chi connectivity index (χ3v) is 1.61. The molecular weight excluding hydrogens is 198 g/mol. The Bertz CT molecular complexity index is 241. The minimum Gasteiger partial charge on any atom is -0.394 e. The highest BCUT2D eigenvalue weighted by Crippen LogP contribution is 1.93. The van der Waals surface area contributed by atoms with Gasteiger partial charge >= 0.3 is 0 Å². The van der Waals surface area contributed by atoms with E-state index >= 15 is 0 Å². The summed E-state index contributed by atoms with van der Waals surface area (Å²) in [6, 6.07) is 0. The van der Waals surface area contributed by atoms with Crippen molar-refractivity contribution in [2.75, 3.05) is 33.4 Å². The van der Waals surface area contributed by atoms with Gasteiger partial charge in [0, 0.05) is 13.1 Å². The van der Waals surface area contributed by atoms with Crippen LogP contribution in [0.5, 0.6) is 0 Å². The van der Waals surface area contributed by atoms with Crippen LogP contribution in [-0.2, 0) is 11.3 Å². The topological polar surface area (TPSA) is 87.2 Å². The lowest BCUT2D eigenvalue weighted by molar-refractivity contribution is 0.0806. The van der Waals surface area contributed by atoms with Crippen LogP contribution in [0.1, 0.15) is 5.69 Å². The second-order valence-corrected chi connectivity index (χ2v) is 2.89. The zero-order valence-corrected chi connectivity index (χ0v) is 8.85. The van der Waals surface area contributed by atoms with Crippen molar-refractivity contribution in [2.45, 2.75) is 6.61 Å². The Morgan fingerprint density at radius 2 is 2.40 bits per heavy atom. The molecule has 0 aromatic carbocycles. The number of nitrogens with one attached hydrogen (secondary N) is 1. The first-order chi connectivity index (χ1) is 7.36. The van der Waals surface area contributed by atoms with Gasteiger partial charge in [-0.25, -0.2) is 0 Å². The normalized spacial score (nSPS) is 10.5. The van der Waals surface area contributed by atoms with Crippen molar-refractivity contribution < 1.29 is 9.57 Å². The summed E-state index contributed by atoms with van der Waals surface area (Å²) in [6.45, 7) is 2.74. The zero-order valence-electron chi connectivity index (χ0n) is 8.85. The van der Waals surface area contributed by atoms with E-state index in [0.717, 1.165) is 12.2 Å². The molecule has 86 valence electrons. The molecule has 0 fully saturated rings. The van der Waals surface area contributed by atoms with Crippen molar-refractivity contribution in [1.29, 1.82) is 0 Å². The number of hydrogen-bond acceptors (Lipinski definition) is 6. The molecule has 15 heavy (non-hydrogen) atoms. The molecule has 3 N–H and O–H groups in total. The Kier molecular flexibility index (Phi) is 5.67. The first-order valence-electron chi connectivity index (χ1n) is 4.83. The Balaban J connectivity index is 2.23. The summed E-state index contributed by atoms with van der Waals surface area (Å²) in [4.78, 5) is 6.57. The van der Waals surface area contributed by atoms with E-state index in [1.54, 1.807) is 6.20 Å². The van der Waals surface area contributed by atoms with Gasteiger partial charge in [0.2, 0.25) is 0 Å². The number of aromatic nitrogens is 3. The molecule has 0 aliphatic heterocycles. The van der Waals surface area contributed by atoms with E-state index in [2.05, 4.69) is 15.6 Å². The summed E-state index contributed by atoms with van der Waals surface area (Å²) >= 11 is 0. The fraction of sp³-hybridized carbons (Fsp3) is 0.750. The van der Waals surface area contributed by atoms with Crippen LogP contribution in [0.3, 0.4) is 0 Å². The third-order valence-electron chi connectivity index (χ3n) is 1.61. The highest BCUT2D eigenvalue weighted by atomic mass is 16.7. The van der Waals surface area contributed by atoms with Crippen LogP contribution in [0.15, 0.2) is 6.20 Å². The Morgan fingerprint density at radius 3 is 3.13 bits per heavy atom. The van der Waals surface area contributed by atoms with Crippen molar-refractivity contribution in [2.24, 2.45) is 5.73 Å². The van der Waals surface area contributed by atoms with Crippen LogP contribution in [0.4, 0.5) is 0 Å². The van der Waals surface area contributed by atoms with Gasteiger partial charge in [-0.1, -0.05) is 4.85 Å². The quantitative estimate of drug-likeness (QED) is 0.508. The first-order valence-corrected chi connectivity index (χ1v) is 4.83. The molecule has 1 aromatic rings. The van der Waals surface area contributed by atoms with E-state index < -0.39 is 0 Å². The van der Waals surface area contributed by atoms with Crippen molar-refractivity contribution in [3.8, 4) is 0 Å². The average molecular weight is 215 g/mol. The van der Waals surface area contributed by atoms with E-state index in [0.29, 0.717) is 26.4 Å². The van der Waals surface area contributed by atoms with Gasteiger partial charge in [0.25, 0.3) is 0 Å². The van der Waals surface area contributed by atoms with Gasteiger partial charge in [-0.3, -0.25) is 0 Å². The molecule has 1 heterocycles. The maximum atomic E-state index is 5.28. The Labute approximate surface area is 88.5 Å². The lowest BCUT2D eigenvalue weighted by Gasteiger charge is -2.01. The molecule has 0 atom stereocenters. The predicted octanol–water partition coefficient (Wildman–Crippen LogP) is -1.60. The molecule has 1 aromatic heterocycles. The van der Waals surface area contributed by atoms with Gasteiger partial charge < -0.3 is 20.6 Å². The average Bonchev–Trinajstić information content (AvgIpc) is 2.67. The van der Waals surface area contributed by atoms with Crippen LogP contribution in [-0.4, -0.2) is 48.5 Å². The molecule has 0 saturated heterocycles. The summed E-state index contributed by atoms with van der Waals surface area (Å²) in [7, 11) is 1.86. The fourth-order valence-electron chi connectivity index (χ4n) is 0.911. The minimum atomic E-state index is 0.409. The fourth-order valence-corrected chi connectivity index (χ4v) is 0.911. The largest absolute Gasteiger partial charge is 0.394 e. The van der Waals surface area contributed by atoms with E-state index in [4.69, 9.17) is 15.3 Å². The Morgan fingerprint density at radius 1 is 1.53 bits per heavy atom. The van der Waals surface area contributed by atoms with Crippen LogP contribution >= 0.6 is 0 Å². The highest BCUT2D eigenvalue weighted by Gasteiger charge is 2.00. The van der Waals surface area contributed by atoms with Crippen molar-refractivity contribution in [3.63, 3.8) is 0 Å². The highest BCUT2D eigenvalue weighted by molar-refractivity contribution is 4.88. The molecule has 0 aliphatic rings. The van der Waals surface area contributed by atoms with Gasteiger partial charge in [-0.15, -0.1) is 5.10 Å². The molecule has 7 heteroatoms. The summed E-state index contributed by atoms with van der Waals surface area (Å²) in [5, 5.41) is 10.6. The second-order valence-electron chi connectivity index (χ2n) is 2.89. The van der Waals surface area contributed by atoms with Gasteiger partial charge in [-0.2, -0.15) is 0 Å². The molecule has 0 spiro atoms. The SMILES string of the molecule is CNCCOn1cc(COCCN)nn1. The summed E-state index contributed by atoms with van der Waals surface area (Å²) in [5.41, 5.74) is 6.01. The number of hydrogen-bond donors (Lipinski definition) is 2. The van der Waals surface area contributed by atoms with Crippen LogP contribution in [0.2, 0.25) is 0 Å². The lowest BCUT2D eigenvalue weighted by Crippen LogP contribution is -2.22. The minimum absolute atomic E-state index is 0.409. The van der Waals surface area contributed by atoms with Crippen LogP contribution in [0.25, 0.3) is 0 Å². The van der Waals surface area contributed by atoms with E-state index in [1.807, 2.05) is 7.05 Å². The summed E-state index contributed by atoms with van der Waals surface area (Å²) < 4.78 is 5.20. The maximum Gasteiger partial charge on any atom is 0.129 e. The lowest BCUT2D eigenvalue weighted by atomic mass is 10.5. The van der Waals surface area contributed by atoms with E-state index in [9.17, 15) is 0 Å². The third kappa shape index (κ3) is 4.73. The number of nitrogens with zero attached hydrogens (tertiary/aromatic N) is 3. The Hall–Kier alpha value is -1.18. The monoisotopic (exact) mass is 215 g/mol. The molecule has 1 rings (SSSR count). The van der Waals surface area contributed by atoms with E-state index in [1.165, 1.54) is 4.85 Å². The van der Waals surface area contributed by atoms with Crippen molar-refractivity contribution >= 4 is 0 Å². The number of ether oxygens (including phenoxy) is 1. The van der Waals surface area contributed by atoms with Gasteiger partial charge in [-0.05, 0) is 12.3 Å². The molecule has 0 bridgehead atoms. The molecule has 0 radical (unpaired) electrons. The van der Waals surface area contributed by atoms with Crippen LogP contribution in [0, 0.1) is 0 Å². The molecular formula is C8H17N5O2. The molecule has 0 unspecified atom stereocenters. The number of nitrogens with two attached hydrogens (primary N) is 1. The molecule has 7 nitrogen and oxygen atoms in total. The standard InChI is InChI=1S/C8H17N5O2/c1-10-3-5-15-13-6-8(11-12-13)7-14-4-2-9/h6,10H,2-5,7,9H2,1H3. The maximum absolute atomic E-state index is 5.28. The molecule has 0 amide bonds. The van der Waals surface area contributed by atoms with Crippen molar-refractivity contribution in [3.05, 3.63) is 11.9 Å². The molecule has 0 saturated carbocycles. The van der Waals surface area contributed by atoms with Gasteiger partial charge in [0.1, 0.15) is 12.3 Å². The zero-order chi connectivity index (χ0) is 10.9. The van der Waals surface area contributed by atoms with Crippen molar-refractivity contribution in [1.82, 2.24) is 20.5 Å². The smallest absolute Gasteiger partial charge is 0.129 e. The number of likely N-dealkylation sites (N-methyl/N-ethyl adjacent to an activating group) is 1. The summed E-state index contributed by atoms with van der Waals surface area (Å²) in [5.74, 6) is 0. The second kappa shape index (κ2) is 7.16.